The summed E-state index contributed by atoms with van der Waals surface area (Å²) >= 11 is 0. The van der Waals surface area contributed by atoms with Gasteiger partial charge in [0.25, 0.3) is 5.60 Å². The fourth-order valence-electron chi connectivity index (χ4n) is 3.95. The molecule has 3 atom stereocenters. The topological polar surface area (TPSA) is 61.8 Å². The molecule has 2 rings (SSSR count). The minimum absolute atomic E-state index is 0.0811. The summed E-state index contributed by atoms with van der Waals surface area (Å²) in [6, 6.07) is 6.64. The van der Waals surface area contributed by atoms with Crippen molar-refractivity contribution in [2.45, 2.75) is 82.3 Å². The first-order chi connectivity index (χ1) is 17.3. The first-order valence-electron chi connectivity index (χ1n) is 12.3. The largest absolute Gasteiger partial charge is 0.458 e. The number of carbonyl (C=O) groups is 2. The van der Waals surface area contributed by atoms with Crippen molar-refractivity contribution >= 4 is 11.9 Å². The minimum atomic E-state index is -5.09. The molecule has 0 N–H and O–H groups in total. The van der Waals surface area contributed by atoms with Gasteiger partial charge in [0.1, 0.15) is 12.2 Å². The van der Waals surface area contributed by atoms with Gasteiger partial charge in [-0.3, -0.25) is 4.79 Å². The van der Waals surface area contributed by atoms with Gasteiger partial charge in [-0.2, -0.15) is 13.2 Å². The van der Waals surface area contributed by atoms with Gasteiger partial charge < -0.3 is 14.2 Å². The van der Waals surface area contributed by atoms with Crippen LogP contribution in [0.3, 0.4) is 0 Å². The smallest absolute Gasteiger partial charge is 0.432 e. The molecule has 1 aliphatic heterocycles. The van der Waals surface area contributed by atoms with E-state index in [1.165, 1.54) is 18.2 Å². The van der Waals surface area contributed by atoms with Gasteiger partial charge >= 0.3 is 18.1 Å². The molecular formula is C28H35F3O5. The van der Waals surface area contributed by atoms with E-state index in [4.69, 9.17) is 14.2 Å². The Morgan fingerprint density at radius 3 is 2.25 bits per heavy atom. The molecule has 198 valence electrons. The Hall–Kier alpha value is -2.87. The maximum Gasteiger partial charge on any atom is 0.432 e. The number of carbonyl (C=O) groups excluding carboxylic acids is 2. The molecule has 1 aromatic rings. The zero-order chi connectivity index (χ0) is 26.4. The van der Waals surface area contributed by atoms with Gasteiger partial charge in [-0.15, -0.1) is 0 Å². The molecule has 1 aliphatic rings. The average molecular weight is 509 g/mol. The molecule has 0 saturated carbocycles. The Labute approximate surface area is 211 Å². The van der Waals surface area contributed by atoms with Crippen molar-refractivity contribution in [3.63, 3.8) is 0 Å². The highest BCUT2D eigenvalue weighted by molar-refractivity contribution is 5.83. The third-order valence-corrected chi connectivity index (χ3v) is 5.95. The minimum Gasteiger partial charge on any atom is -0.458 e. The summed E-state index contributed by atoms with van der Waals surface area (Å²) in [4.78, 5) is 25.7. The maximum atomic E-state index is 14.3. The fraction of sp³-hybridized carbons (Fsp3) is 0.500. The van der Waals surface area contributed by atoms with E-state index in [9.17, 15) is 22.8 Å². The fourth-order valence-corrected chi connectivity index (χ4v) is 3.95. The van der Waals surface area contributed by atoms with Crippen molar-refractivity contribution in [2.24, 2.45) is 0 Å². The van der Waals surface area contributed by atoms with Gasteiger partial charge in [0, 0.05) is 25.5 Å². The van der Waals surface area contributed by atoms with Gasteiger partial charge in [0.15, 0.2) is 0 Å². The summed E-state index contributed by atoms with van der Waals surface area (Å²) in [5.41, 5.74) is -3.71. The lowest BCUT2D eigenvalue weighted by atomic mass is 9.92. The molecule has 36 heavy (non-hydrogen) atoms. The number of ether oxygens (including phenoxy) is 3. The second-order valence-corrected chi connectivity index (χ2v) is 8.50. The van der Waals surface area contributed by atoms with E-state index in [0.29, 0.717) is 12.8 Å². The Bertz CT molecular complexity index is 908. The first-order valence-corrected chi connectivity index (χ1v) is 12.3. The molecule has 0 amide bonds. The van der Waals surface area contributed by atoms with Crippen LogP contribution in [0.5, 0.6) is 0 Å². The summed E-state index contributed by atoms with van der Waals surface area (Å²) in [6.45, 7) is 1.73. The number of halogens is 3. The molecule has 0 bridgehead atoms. The quantitative estimate of drug-likeness (QED) is 0.326. The summed E-state index contributed by atoms with van der Waals surface area (Å²) < 4.78 is 58.8. The first kappa shape index (κ1) is 29.4. The van der Waals surface area contributed by atoms with Crippen LogP contribution in [0.25, 0.3) is 0 Å². The Kier molecular flexibility index (Phi) is 11.9. The monoisotopic (exact) mass is 508 g/mol. The van der Waals surface area contributed by atoms with Gasteiger partial charge in [-0.05, 0) is 38.5 Å². The highest BCUT2D eigenvalue weighted by atomic mass is 19.4. The molecule has 8 heteroatoms. The zero-order valence-electron chi connectivity index (χ0n) is 20.8. The third kappa shape index (κ3) is 8.08. The van der Waals surface area contributed by atoms with Crippen molar-refractivity contribution < 1.29 is 37.0 Å². The molecule has 0 unspecified atom stereocenters. The van der Waals surface area contributed by atoms with Crippen LogP contribution < -0.4 is 0 Å². The highest BCUT2D eigenvalue weighted by Crippen LogP contribution is 2.43. The maximum absolute atomic E-state index is 14.3. The number of hydrogen-bond donors (Lipinski definition) is 0. The van der Waals surface area contributed by atoms with Crippen LogP contribution in [0.15, 0.2) is 66.8 Å². The van der Waals surface area contributed by atoms with Gasteiger partial charge in [0.2, 0.25) is 0 Å². The molecule has 0 spiro atoms. The summed E-state index contributed by atoms with van der Waals surface area (Å²) in [7, 11) is 0.821. The van der Waals surface area contributed by atoms with Crippen LogP contribution in [0, 0.1) is 0 Å². The third-order valence-electron chi connectivity index (χ3n) is 5.95. The lowest BCUT2D eigenvalue weighted by Gasteiger charge is -2.35. The molecular weight excluding hydrogens is 473 g/mol. The summed E-state index contributed by atoms with van der Waals surface area (Å²) in [5.74, 6) is -2.08. The Morgan fingerprint density at radius 1 is 1.00 bits per heavy atom. The number of methoxy groups -OCH3 is 1. The molecule has 0 aromatic heterocycles. The van der Waals surface area contributed by atoms with Crippen LogP contribution >= 0.6 is 0 Å². The molecule has 1 aromatic carbocycles. The van der Waals surface area contributed by atoms with E-state index in [-0.39, 0.29) is 19.3 Å². The van der Waals surface area contributed by atoms with Crippen molar-refractivity contribution in [2.75, 3.05) is 7.11 Å². The van der Waals surface area contributed by atoms with Crippen LogP contribution in [-0.2, 0) is 29.4 Å². The molecule has 0 fully saturated rings. The highest BCUT2D eigenvalue weighted by Gasteiger charge is 2.64. The number of hydrogen-bond acceptors (Lipinski definition) is 5. The van der Waals surface area contributed by atoms with E-state index < -0.39 is 41.5 Å². The number of allylic oxidation sites excluding steroid dienone is 5. The second kappa shape index (κ2) is 14.6. The van der Waals surface area contributed by atoms with E-state index in [1.807, 2.05) is 18.2 Å². The average Bonchev–Trinajstić information content (AvgIpc) is 2.85. The Morgan fingerprint density at radius 2 is 1.64 bits per heavy atom. The van der Waals surface area contributed by atoms with Gasteiger partial charge in [-0.1, -0.05) is 73.7 Å². The second-order valence-electron chi connectivity index (χ2n) is 8.50. The van der Waals surface area contributed by atoms with E-state index in [2.05, 4.69) is 12.2 Å². The Balaban J connectivity index is 2.35. The van der Waals surface area contributed by atoms with Crippen LogP contribution in [0.4, 0.5) is 13.2 Å². The van der Waals surface area contributed by atoms with Crippen molar-refractivity contribution in [3.8, 4) is 0 Å². The van der Waals surface area contributed by atoms with Crippen LogP contribution in [-0.4, -0.2) is 37.4 Å². The van der Waals surface area contributed by atoms with Crippen LogP contribution in [0.2, 0.25) is 0 Å². The van der Waals surface area contributed by atoms with Gasteiger partial charge in [-0.25, -0.2) is 4.79 Å². The predicted octanol–water partition coefficient (Wildman–Crippen LogP) is 6.74. The van der Waals surface area contributed by atoms with Crippen LogP contribution in [0.1, 0.15) is 63.9 Å². The standard InChI is InChI=1S/C28H35F3O5/c1-3-23-24(20-16-11-9-7-5-4-6-8-10-12-17-21-25(32)35-23)36-26(33)27(34-2,28(29,30)31)22-18-14-13-15-19-22/h5-8,11,13-16,18-19,23-24H,3-4,9-10,12,17,20-21H2,1-2H3/b7-5-,8-6-,16-11-/t23-,24-,27+/m0/s1. The van der Waals surface area contributed by atoms with Gasteiger partial charge in [0.05, 0.1) is 0 Å². The SMILES string of the molecule is CC[C@@H]1OC(=O)CCCC/C=C\C/C=C\C/C=C\C[C@@H]1OC(=O)[C@](OC)(c1ccccc1)C(F)(F)F. The van der Waals surface area contributed by atoms with Crippen molar-refractivity contribution in [1.82, 2.24) is 0 Å². The van der Waals surface area contributed by atoms with Crippen molar-refractivity contribution in [1.29, 1.82) is 0 Å². The number of alkyl halides is 3. The summed E-state index contributed by atoms with van der Waals surface area (Å²) in [6.07, 6.45) is 8.76. The van der Waals surface area contributed by atoms with Crippen molar-refractivity contribution in [3.05, 3.63) is 72.4 Å². The molecule has 0 radical (unpaired) electrons. The summed E-state index contributed by atoms with van der Waals surface area (Å²) in [5, 5.41) is 0. The number of cyclic esters (lactones) is 1. The van der Waals surface area contributed by atoms with E-state index >= 15 is 0 Å². The lowest BCUT2D eigenvalue weighted by Crippen LogP contribution is -2.53. The number of rotatable bonds is 5. The predicted molar refractivity (Wildman–Crippen MR) is 131 cm³/mol. The number of benzene rings is 1. The molecule has 0 aliphatic carbocycles. The van der Waals surface area contributed by atoms with E-state index in [1.54, 1.807) is 13.0 Å². The molecule has 0 saturated heterocycles. The normalized spacial score (nSPS) is 25.0. The lowest BCUT2D eigenvalue weighted by molar-refractivity contribution is -0.279. The van der Waals surface area contributed by atoms with E-state index in [0.717, 1.165) is 38.5 Å². The molecule has 5 nitrogen and oxygen atoms in total. The zero-order valence-corrected chi connectivity index (χ0v) is 20.8. The molecule has 1 heterocycles. The number of esters is 2.